The Labute approximate surface area is 104 Å². The number of amides is 2. The van der Waals surface area contributed by atoms with Crippen LogP contribution in [0, 0.1) is 5.82 Å². The van der Waals surface area contributed by atoms with Crippen LogP contribution in [-0.2, 0) is 0 Å². The first-order valence-corrected chi connectivity index (χ1v) is 5.99. The van der Waals surface area contributed by atoms with Gasteiger partial charge in [-0.3, -0.25) is 0 Å². The van der Waals surface area contributed by atoms with Gasteiger partial charge in [-0.1, -0.05) is 0 Å². The van der Waals surface area contributed by atoms with Gasteiger partial charge in [0.05, 0.1) is 17.4 Å². The lowest BCUT2D eigenvalue weighted by molar-refractivity contribution is 0.197. The molecule has 1 atom stereocenters. The summed E-state index contributed by atoms with van der Waals surface area (Å²) in [5, 5.41) is 2.81. The number of rotatable bonds is 1. The molecule has 2 amide bonds. The van der Waals surface area contributed by atoms with E-state index in [4.69, 9.17) is 5.73 Å². The molecule has 0 aromatic heterocycles. The van der Waals surface area contributed by atoms with Crippen LogP contribution in [0.15, 0.2) is 18.2 Å². The summed E-state index contributed by atoms with van der Waals surface area (Å²) >= 11 is 0. The minimum absolute atomic E-state index is 0.00753. The lowest BCUT2D eigenvalue weighted by Crippen LogP contribution is -2.52. The molecule has 1 aromatic carbocycles. The molecule has 1 unspecified atom stereocenters. The summed E-state index contributed by atoms with van der Waals surface area (Å²) in [7, 11) is 0. The number of urea groups is 1. The molecular weight excluding hydrogens is 235 g/mol. The van der Waals surface area contributed by atoms with E-state index >= 15 is 0 Å². The van der Waals surface area contributed by atoms with Gasteiger partial charge in [-0.2, -0.15) is 0 Å². The molecule has 0 saturated carbocycles. The van der Waals surface area contributed by atoms with E-state index in [1.54, 1.807) is 6.07 Å². The van der Waals surface area contributed by atoms with Gasteiger partial charge in [0.15, 0.2) is 0 Å². The van der Waals surface area contributed by atoms with Crippen LogP contribution in [0.2, 0.25) is 0 Å². The maximum atomic E-state index is 13.3. The van der Waals surface area contributed by atoms with Crippen LogP contribution >= 0.6 is 0 Å². The Morgan fingerprint density at radius 3 is 3.06 bits per heavy atom. The number of nitrogen functional groups attached to an aromatic ring is 1. The Kier molecular flexibility index (Phi) is 2.50. The Bertz CT molecular complexity index is 493. The van der Waals surface area contributed by atoms with Crippen molar-refractivity contribution < 1.29 is 9.18 Å². The zero-order valence-electron chi connectivity index (χ0n) is 9.90. The number of hydrogen-bond donors (Lipinski definition) is 2. The predicted octanol–water partition coefficient (Wildman–Crippen LogP) is 0.622. The van der Waals surface area contributed by atoms with Crippen molar-refractivity contribution in [1.82, 2.24) is 10.2 Å². The van der Waals surface area contributed by atoms with Crippen LogP contribution in [0.1, 0.15) is 0 Å². The quantitative estimate of drug-likeness (QED) is 0.718. The van der Waals surface area contributed by atoms with Crippen molar-refractivity contribution in [2.24, 2.45) is 0 Å². The molecule has 6 heteroatoms. The summed E-state index contributed by atoms with van der Waals surface area (Å²) in [6, 6.07) is 4.53. The van der Waals surface area contributed by atoms with Gasteiger partial charge in [0, 0.05) is 26.2 Å². The topological polar surface area (TPSA) is 61.6 Å². The maximum Gasteiger partial charge on any atom is 0.317 e. The van der Waals surface area contributed by atoms with Gasteiger partial charge < -0.3 is 20.9 Å². The molecule has 2 saturated heterocycles. The summed E-state index contributed by atoms with van der Waals surface area (Å²) in [4.78, 5) is 15.4. The predicted molar refractivity (Wildman–Crippen MR) is 66.9 cm³/mol. The first-order chi connectivity index (χ1) is 8.65. The van der Waals surface area contributed by atoms with Crippen molar-refractivity contribution in [1.29, 1.82) is 0 Å². The molecular formula is C12H15FN4O. The molecule has 0 bridgehead atoms. The highest BCUT2D eigenvalue weighted by Crippen LogP contribution is 2.27. The standard InChI is InChI=1S/C12H15FN4O/c13-8-1-2-10(14)11(5-8)16-3-4-17-9(7-16)6-15-12(17)18/h1-2,5,9H,3-4,6-7,14H2,(H,15,18). The second kappa shape index (κ2) is 4.04. The lowest BCUT2D eigenvalue weighted by Gasteiger charge is -2.38. The average Bonchev–Trinajstić information content (AvgIpc) is 2.74. The zero-order valence-corrected chi connectivity index (χ0v) is 9.90. The van der Waals surface area contributed by atoms with E-state index in [0.29, 0.717) is 37.6 Å². The van der Waals surface area contributed by atoms with Gasteiger partial charge in [0.1, 0.15) is 5.82 Å². The summed E-state index contributed by atoms with van der Waals surface area (Å²) in [5.41, 5.74) is 7.17. The van der Waals surface area contributed by atoms with Crippen LogP contribution in [-0.4, -0.2) is 43.2 Å². The molecule has 2 aliphatic rings. The van der Waals surface area contributed by atoms with Crippen LogP contribution in [0.5, 0.6) is 0 Å². The van der Waals surface area contributed by atoms with E-state index in [2.05, 4.69) is 5.32 Å². The Morgan fingerprint density at radius 1 is 1.39 bits per heavy atom. The molecule has 0 spiro atoms. The maximum absolute atomic E-state index is 13.3. The molecule has 3 N–H and O–H groups in total. The van der Waals surface area contributed by atoms with Crippen LogP contribution in [0.3, 0.4) is 0 Å². The van der Waals surface area contributed by atoms with Gasteiger partial charge in [-0.15, -0.1) is 0 Å². The fraction of sp³-hybridized carbons (Fsp3) is 0.417. The smallest absolute Gasteiger partial charge is 0.317 e. The fourth-order valence-corrected chi connectivity index (χ4v) is 2.61. The molecule has 3 rings (SSSR count). The Hall–Kier alpha value is -1.98. The number of carbonyl (C=O) groups excluding carboxylic acids is 1. The van der Waals surface area contributed by atoms with Gasteiger partial charge >= 0.3 is 6.03 Å². The van der Waals surface area contributed by atoms with E-state index in [0.717, 1.165) is 0 Å². The molecule has 2 fully saturated rings. The Morgan fingerprint density at radius 2 is 2.22 bits per heavy atom. The van der Waals surface area contributed by atoms with Crippen molar-refractivity contribution in [3.05, 3.63) is 24.0 Å². The number of fused-ring (bicyclic) bond motifs is 1. The first-order valence-electron chi connectivity index (χ1n) is 5.99. The summed E-state index contributed by atoms with van der Waals surface area (Å²) in [6.07, 6.45) is 0. The number of piperazine rings is 1. The van der Waals surface area contributed by atoms with Crippen molar-refractivity contribution in [2.75, 3.05) is 36.8 Å². The van der Waals surface area contributed by atoms with E-state index < -0.39 is 0 Å². The van der Waals surface area contributed by atoms with Gasteiger partial charge in [-0.25, -0.2) is 9.18 Å². The first kappa shape index (κ1) is 11.1. The number of anilines is 2. The SMILES string of the molecule is Nc1ccc(F)cc1N1CCN2C(=O)NCC2C1. The van der Waals surface area contributed by atoms with Crippen molar-refractivity contribution in [2.45, 2.75) is 6.04 Å². The third kappa shape index (κ3) is 1.73. The van der Waals surface area contributed by atoms with E-state index in [1.807, 2.05) is 9.80 Å². The van der Waals surface area contributed by atoms with Crippen LogP contribution in [0.25, 0.3) is 0 Å². The van der Waals surface area contributed by atoms with Gasteiger partial charge in [-0.05, 0) is 18.2 Å². The minimum Gasteiger partial charge on any atom is -0.397 e. The molecule has 1 aromatic rings. The Balaban J connectivity index is 1.82. The molecule has 0 aliphatic carbocycles. The second-order valence-electron chi connectivity index (χ2n) is 4.68. The van der Waals surface area contributed by atoms with E-state index in [-0.39, 0.29) is 17.9 Å². The second-order valence-corrected chi connectivity index (χ2v) is 4.68. The fourth-order valence-electron chi connectivity index (χ4n) is 2.61. The van der Waals surface area contributed by atoms with Crippen molar-refractivity contribution in [3.63, 3.8) is 0 Å². The van der Waals surface area contributed by atoms with E-state index in [1.165, 1.54) is 12.1 Å². The molecule has 2 heterocycles. The number of nitrogens with two attached hydrogens (primary N) is 1. The van der Waals surface area contributed by atoms with Crippen LogP contribution < -0.4 is 16.0 Å². The van der Waals surface area contributed by atoms with Crippen LogP contribution in [0.4, 0.5) is 20.6 Å². The third-order valence-electron chi connectivity index (χ3n) is 3.57. The molecule has 2 aliphatic heterocycles. The third-order valence-corrected chi connectivity index (χ3v) is 3.57. The summed E-state index contributed by atoms with van der Waals surface area (Å²) in [5.74, 6) is -0.290. The van der Waals surface area contributed by atoms with Crippen molar-refractivity contribution >= 4 is 17.4 Å². The van der Waals surface area contributed by atoms with Gasteiger partial charge in [0.25, 0.3) is 0 Å². The monoisotopic (exact) mass is 250 g/mol. The lowest BCUT2D eigenvalue weighted by atomic mass is 10.1. The highest BCUT2D eigenvalue weighted by molar-refractivity contribution is 5.78. The largest absolute Gasteiger partial charge is 0.397 e. The number of nitrogens with zero attached hydrogens (tertiary/aromatic N) is 2. The van der Waals surface area contributed by atoms with Gasteiger partial charge in [0.2, 0.25) is 0 Å². The normalized spacial score (nSPS) is 22.9. The summed E-state index contributed by atoms with van der Waals surface area (Å²) in [6.45, 7) is 2.65. The average molecular weight is 250 g/mol. The number of halogens is 1. The number of benzene rings is 1. The highest BCUT2D eigenvalue weighted by atomic mass is 19.1. The number of hydrogen-bond acceptors (Lipinski definition) is 3. The van der Waals surface area contributed by atoms with Crippen molar-refractivity contribution in [3.8, 4) is 0 Å². The molecule has 96 valence electrons. The summed E-state index contributed by atoms with van der Waals surface area (Å²) < 4.78 is 13.3. The zero-order chi connectivity index (χ0) is 12.7. The molecule has 0 radical (unpaired) electrons. The molecule has 18 heavy (non-hydrogen) atoms. The minimum atomic E-state index is -0.290. The number of nitrogens with one attached hydrogen (secondary N) is 1. The van der Waals surface area contributed by atoms with E-state index in [9.17, 15) is 9.18 Å². The molecule has 5 nitrogen and oxygen atoms in total. The highest BCUT2D eigenvalue weighted by Gasteiger charge is 2.35. The number of carbonyl (C=O) groups is 1.